The molecule has 0 N–H and O–H groups in total. The molecule has 0 atom stereocenters. The number of nitro benzene ring substituents is 1. The summed E-state index contributed by atoms with van der Waals surface area (Å²) in [6, 6.07) is 4.63. The average Bonchev–Trinajstić information content (AvgIpc) is 2.35. The van der Waals surface area contributed by atoms with Crippen LogP contribution in [-0.2, 0) is 0 Å². The molecule has 0 saturated heterocycles. The molecule has 0 aliphatic heterocycles. The van der Waals surface area contributed by atoms with Gasteiger partial charge < -0.3 is 4.74 Å². The van der Waals surface area contributed by atoms with Crippen molar-refractivity contribution in [2.45, 2.75) is 0 Å². The third-order valence-electron chi connectivity index (χ3n) is 1.95. The maximum absolute atomic E-state index is 10.9. The monoisotopic (exact) mass is 376 g/mol. The highest BCUT2D eigenvalue weighted by Crippen LogP contribution is 2.33. The lowest BCUT2D eigenvalue weighted by Gasteiger charge is -2.07. The zero-order chi connectivity index (χ0) is 13.5. The van der Waals surface area contributed by atoms with Gasteiger partial charge in [0.25, 0.3) is 0 Å². The van der Waals surface area contributed by atoms with E-state index in [-0.39, 0.29) is 23.6 Å². The second-order valence-corrected chi connectivity index (χ2v) is 4.67. The number of hydrogen-bond donors (Lipinski definition) is 1. The number of hydrogen-bond acceptors (Lipinski definition) is 5. The Labute approximate surface area is 123 Å². The van der Waals surface area contributed by atoms with Crippen molar-refractivity contribution in [1.82, 2.24) is 0 Å². The van der Waals surface area contributed by atoms with Crippen molar-refractivity contribution < 1.29 is 9.66 Å². The van der Waals surface area contributed by atoms with Crippen molar-refractivity contribution in [2.75, 3.05) is 12.4 Å². The van der Waals surface area contributed by atoms with Crippen molar-refractivity contribution in [3.8, 4) is 11.8 Å². The van der Waals surface area contributed by atoms with Crippen molar-refractivity contribution >= 4 is 40.9 Å². The zero-order valence-corrected chi connectivity index (χ0v) is 12.2. The van der Waals surface area contributed by atoms with Crippen LogP contribution in [0.4, 0.5) is 5.69 Å². The minimum absolute atomic E-state index is 0.184. The molecule has 0 radical (unpaired) electrons. The molecule has 1 aromatic carbocycles. The second kappa shape index (κ2) is 7.23. The van der Waals surface area contributed by atoms with Crippen molar-refractivity contribution in [3.63, 3.8) is 0 Å². The normalized spacial score (nSPS) is 10.3. The van der Waals surface area contributed by atoms with Crippen molar-refractivity contribution in [2.24, 2.45) is 0 Å². The van der Waals surface area contributed by atoms with Gasteiger partial charge in [0.15, 0.2) is 0 Å². The maximum Gasteiger partial charge on any atom is 0.313 e. The van der Waals surface area contributed by atoms with Gasteiger partial charge in [-0.2, -0.15) is 17.9 Å². The third-order valence-corrected chi connectivity index (χ3v) is 2.96. The molecule has 0 unspecified atom stereocenters. The molecule has 0 aliphatic carbocycles. The molecule has 1 rings (SSSR count). The second-order valence-electron chi connectivity index (χ2n) is 3.14. The van der Waals surface area contributed by atoms with Gasteiger partial charge in [-0.3, -0.25) is 10.1 Å². The topological polar surface area (TPSA) is 76.2 Å². The van der Waals surface area contributed by atoms with Gasteiger partial charge in [0.2, 0.25) is 5.75 Å². The first-order valence-corrected chi connectivity index (χ1v) is 6.58. The zero-order valence-electron chi connectivity index (χ0n) is 9.17. The Balaban J connectivity index is 3.06. The van der Waals surface area contributed by atoms with E-state index in [0.29, 0.717) is 9.32 Å². The number of rotatable bonds is 5. The molecule has 5 nitrogen and oxygen atoms in total. The molecular formula is C11H9IN2O3S. The van der Waals surface area contributed by atoms with E-state index in [4.69, 9.17) is 10.00 Å². The van der Waals surface area contributed by atoms with E-state index >= 15 is 0 Å². The molecule has 0 saturated carbocycles. The fourth-order valence-corrected chi connectivity index (χ4v) is 2.11. The summed E-state index contributed by atoms with van der Waals surface area (Å²) >= 11 is 5.90. The predicted molar refractivity (Wildman–Crippen MR) is 79.0 cm³/mol. The largest absolute Gasteiger partial charge is 0.482 e. The highest BCUT2D eigenvalue weighted by molar-refractivity contribution is 14.1. The molecule has 94 valence electrons. The van der Waals surface area contributed by atoms with Crippen LogP contribution in [0.3, 0.4) is 0 Å². The van der Waals surface area contributed by atoms with Crippen LogP contribution in [0, 0.1) is 25.0 Å². The van der Waals surface area contributed by atoms with Gasteiger partial charge in [0, 0.05) is 11.8 Å². The van der Waals surface area contributed by atoms with Gasteiger partial charge in [-0.25, -0.2) is 0 Å². The Kier molecular flexibility index (Phi) is 5.94. The number of halogens is 1. The third kappa shape index (κ3) is 3.89. The minimum atomic E-state index is -0.555. The Hall–Kier alpha value is -1.27. The Morgan fingerprint density at radius 3 is 2.83 bits per heavy atom. The SMILES string of the molecule is N#Cc1cc(I)c(OCC=CCS)c([N+](=O)[O-])c1. The first-order valence-electron chi connectivity index (χ1n) is 4.86. The van der Waals surface area contributed by atoms with Crippen LogP contribution >= 0.6 is 35.2 Å². The summed E-state index contributed by atoms with van der Waals surface area (Å²) in [5.41, 5.74) is 0.0436. The molecule has 7 heteroatoms. The number of nitriles is 1. The van der Waals surface area contributed by atoms with E-state index in [0.717, 1.165) is 0 Å². The number of nitrogens with zero attached hydrogens (tertiary/aromatic N) is 2. The molecule has 0 bridgehead atoms. The van der Waals surface area contributed by atoms with E-state index in [1.807, 2.05) is 28.7 Å². The van der Waals surface area contributed by atoms with Crippen molar-refractivity contribution in [3.05, 3.63) is 43.5 Å². The Morgan fingerprint density at radius 2 is 2.28 bits per heavy atom. The molecule has 0 amide bonds. The van der Waals surface area contributed by atoms with Gasteiger partial charge >= 0.3 is 5.69 Å². The van der Waals surface area contributed by atoms with Crippen LogP contribution in [0.15, 0.2) is 24.3 Å². The first-order chi connectivity index (χ1) is 8.60. The van der Waals surface area contributed by atoms with Crippen LogP contribution < -0.4 is 4.74 Å². The van der Waals surface area contributed by atoms with Crippen LogP contribution in [0.25, 0.3) is 0 Å². The van der Waals surface area contributed by atoms with E-state index < -0.39 is 4.92 Å². The fraction of sp³-hybridized carbons (Fsp3) is 0.182. The highest BCUT2D eigenvalue weighted by atomic mass is 127. The predicted octanol–water partition coefficient (Wildman–Crippen LogP) is 2.94. The lowest BCUT2D eigenvalue weighted by atomic mass is 10.2. The quantitative estimate of drug-likeness (QED) is 0.282. The van der Waals surface area contributed by atoms with Gasteiger partial charge in [-0.15, -0.1) is 0 Å². The minimum Gasteiger partial charge on any atom is -0.482 e. The fourth-order valence-electron chi connectivity index (χ4n) is 1.20. The maximum atomic E-state index is 10.9. The van der Waals surface area contributed by atoms with Gasteiger partial charge in [0.1, 0.15) is 6.61 Å². The summed E-state index contributed by atoms with van der Waals surface area (Å²) in [6.45, 7) is 0.225. The molecule has 1 aromatic rings. The van der Waals surface area contributed by atoms with E-state index in [1.165, 1.54) is 6.07 Å². The van der Waals surface area contributed by atoms with Crippen molar-refractivity contribution in [1.29, 1.82) is 5.26 Å². The number of benzene rings is 1. The molecule has 0 aromatic heterocycles. The summed E-state index contributed by atoms with van der Waals surface area (Å²) in [4.78, 5) is 10.4. The van der Waals surface area contributed by atoms with Crippen LogP contribution in [0.1, 0.15) is 5.56 Å². The molecule has 18 heavy (non-hydrogen) atoms. The summed E-state index contributed by atoms with van der Waals surface area (Å²) in [5, 5.41) is 19.7. The molecule has 0 aliphatic rings. The molecular weight excluding hydrogens is 367 g/mol. The summed E-state index contributed by atoms with van der Waals surface area (Å²) in [7, 11) is 0. The molecule has 0 fully saturated rings. The van der Waals surface area contributed by atoms with Gasteiger partial charge in [0.05, 0.1) is 20.1 Å². The molecule has 0 heterocycles. The smallest absolute Gasteiger partial charge is 0.313 e. The van der Waals surface area contributed by atoms with Gasteiger partial charge in [-0.1, -0.05) is 12.2 Å². The lowest BCUT2D eigenvalue weighted by molar-refractivity contribution is -0.385. The number of thiol groups is 1. The van der Waals surface area contributed by atoms with Gasteiger partial charge in [-0.05, 0) is 28.7 Å². The summed E-state index contributed by atoms with van der Waals surface area (Å²) < 4.78 is 5.89. The summed E-state index contributed by atoms with van der Waals surface area (Å²) in [6.07, 6.45) is 3.51. The van der Waals surface area contributed by atoms with Crippen LogP contribution in [0.2, 0.25) is 0 Å². The summed E-state index contributed by atoms with van der Waals surface area (Å²) in [5.74, 6) is 0.763. The van der Waals surface area contributed by atoms with E-state index in [9.17, 15) is 10.1 Å². The number of ether oxygens (including phenoxy) is 1. The lowest BCUT2D eigenvalue weighted by Crippen LogP contribution is -2.01. The standard InChI is InChI=1S/C11H9IN2O3S/c12-9-5-8(7-13)6-10(14(15)16)11(9)17-3-1-2-4-18/h1-2,5-6,18H,3-4H2. The van der Waals surface area contributed by atoms with Crippen LogP contribution in [0.5, 0.6) is 5.75 Å². The van der Waals surface area contributed by atoms with E-state index in [1.54, 1.807) is 18.2 Å². The Morgan fingerprint density at radius 1 is 1.56 bits per heavy atom. The highest BCUT2D eigenvalue weighted by Gasteiger charge is 2.19. The average molecular weight is 376 g/mol. The van der Waals surface area contributed by atoms with E-state index in [2.05, 4.69) is 12.6 Å². The molecule has 0 spiro atoms. The first kappa shape index (κ1) is 14.8. The number of nitro groups is 1. The Bertz CT molecular complexity index is 526. The van der Waals surface area contributed by atoms with Crippen LogP contribution in [-0.4, -0.2) is 17.3 Å².